The second-order valence-corrected chi connectivity index (χ2v) is 7.46. The maximum absolute atomic E-state index is 6.19. The molecule has 2 heteroatoms. The first-order chi connectivity index (χ1) is 8.84. The van der Waals surface area contributed by atoms with Gasteiger partial charge in [0.1, 0.15) is 0 Å². The fourth-order valence-electron chi connectivity index (χ4n) is 2.56. The van der Waals surface area contributed by atoms with Crippen molar-refractivity contribution in [3.63, 3.8) is 0 Å². The van der Waals surface area contributed by atoms with Crippen LogP contribution >= 0.6 is 0 Å². The van der Waals surface area contributed by atoms with E-state index in [1.165, 1.54) is 32.1 Å². The zero-order chi connectivity index (χ0) is 14.5. The van der Waals surface area contributed by atoms with Crippen molar-refractivity contribution in [1.82, 2.24) is 0 Å². The lowest BCUT2D eigenvalue weighted by Gasteiger charge is -2.43. The third-order valence-electron chi connectivity index (χ3n) is 3.94. The van der Waals surface area contributed by atoms with E-state index in [1.807, 2.05) is 0 Å². The summed E-state index contributed by atoms with van der Waals surface area (Å²) < 4.78 is 12.3. The van der Waals surface area contributed by atoms with Crippen LogP contribution in [0.3, 0.4) is 0 Å². The molecule has 0 N–H and O–H groups in total. The molecule has 1 aliphatic rings. The van der Waals surface area contributed by atoms with Gasteiger partial charge in [0.2, 0.25) is 0 Å². The zero-order valence-corrected chi connectivity index (χ0v) is 13.9. The summed E-state index contributed by atoms with van der Waals surface area (Å²) in [4.78, 5) is 0. The van der Waals surface area contributed by atoms with Crippen molar-refractivity contribution < 1.29 is 9.47 Å². The summed E-state index contributed by atoms with van der Waals surface area (Å²) in [5, 5.41) is 0. The fourth-order valence-corrected chi connectivity index (χ4v) is 2.56. The second kappa shape index (κ2) is 7.64. The van der Waals surface area contributed by atoms with Crippen LogP contribution in [0.2, 0.25) is 0 Å². The standard InChI is InChI=1S/C17H34O2/c1-7-8-9-10-11-14-12-15(13(2)3)19-16(18-14)17(4,5)6/h13-16H,7-12H2,1-6H3/t14-,15-,16-/m0/s1. The number of hydrogen-bond acceptors (Lipinski definition) is 2. The summed E-state index contributed by atoms with van der Waals surface area (Å²) >= 11 is 0. The van der Waals surface area contributed by atoms with E-state index in [4.69, 9.17) is 9.47 Å². The van der Waals surface area contributed by atoms with Gasteiger partial charge in [-0.25, -0.2) is 0 Å². The highest BCUT2D eigenvalue weighted by Crippen LogP contribution is 2.34. The average molecular weight is 270 g/mol. The Morgan fingerprint density at radius 2 is 1.74 bits per heavy atom. The van der Waals surface area contributed by atoms with E-state index in [0.29, 0.717) is 18.1 Å². The first-order valence-electron chi connectivity index (χ1n) is 8.15. The van der Waals surface area contributed by atoms with Gasteiger partial charge in [0.15, 0.2) is 6.29 Å². The van der Waals surface area contributed by atoms with Crippen LogP contribution in [-0.2, 0) is 9.47 Å². The Hall–Kier alpha value is -0.0800. The van der Waals surface area contributed by atoms with E-state index in [-0.39, 0.29) is 11.7 Å². The fraction of sp³-hybridized carbons (Fsp3) is 1.00. The minimum absolute atomic E-state index is 0.0511. The molecule has 0 aromatic rings. The third-order valence-corrected chi connectivity index (χ3v) is 3.94. The van der Waals surface area contributed by atoms with Crippen molar-refractivity contribution in [3.05, 3.63) is 0 Å². The van der Waals surface area contributed by atoms with Crippen LogP contribution in [0.25, 0.3) is 0 Å². The predicted molar refractivity (Wildman–Crippen MR) is 81.2 cm³/mol. The molecule has 0 saturated carbocycles. The molecule has 1 fully saturated rings. The second-order valence-electron chi connectivity index (χ2n) is 7.46. The van der Waals surface area contributed by atoms with Gasteiger partial charge in [0.05, 0.1) is 12.2 Å². The van der Waals surface area contributed by atoms with Crippen LogP contribution in [0.1, 0.15) is 80.1 Å². The highest BCUT2D eigenvalue weighted by molar-refractivity contribution is 4.79. The van der Waals surface area contributed by atoms with Gasteiger partial charge in [-0.1, -0.05) is 67.2 Å². The molecule has 19 heavy (non-hydrogen) atoms. The van der Waals surface area contributed by atoms with Crippen molar-refractivity contribution in [2.75, 3.05) is 0 Å². The van der Waals surface area contributed by atoms with E-state index < -0.39 is 0 Å². The van der Waals surface area contributed by atoms with Gasteiger partial charge in [-0.2, -0.15) is 0 Å². The molecule has 1 rings (SSSR count). The predicted octanol–water partition coefficient (Wildman–Crippen LogP) is 5.16. The molecule has 0 amide bonds. The Labute approximate surface area is 120 Å². The monoisotopic (exact) mass is 270 g/mol. The molecule has 1 aliphatic heterocycles. The smallest absolute Gasteiger partial charge is 0.163 e. The average Bonchev–Trinajstić information content (AvgIpc) is 2.33. The normalized spacial score (nSPS) is 28.9. The Morgan fingerprint density at radius 1 is 1.05 bits per heavy atom. The van der Waals surface area contributed by atoms with Gasteiger partial charge in [-0.3, -0.25) is 0 Å². The lowest BCUT2D eigenvalue weighted by molar-refractivity contribution is -0.286. The Balaban J connectivity index is 2.50. The van der Waals surface area contributed by atoms with Crippen LogP contribution in [-0.4, -0.2) is 18.5 Å². The van der Waals surface area contributed by atoms with Gasteiger partial charge >= 0.3 is 0 Å². The van der Waals surface area contributed by atoms with E-state index in [1.54, 1.807) is 0 Å². The minimum atomic E-state index is -0.0511. The minimum Gasteiger partial charge on any atom is -0.349 e. The van der Waals surface area contributed by atoms with Gasteiger partial charge in [-0.15, -0.1) is 0 Å². The van der Waals surface area contributed by atoms with Gasteiger partial charge in [0, 0.05) is 11.8 Å². The number of unbranched alkanes of at least 4 members (excludes halogenated alkanes) is 3. The molecular formula is C17H34O2. The van der Waals surface area contributed by atoms with Crippen LogP contribution < -0.4 is 0 Å². The molecule has 0 aromatic carbocycles. The number of ether oxygens (including phenoxy) is 2. The van der Waals surface area contributed by atoms with Crippen molar-refractivity contribution in [2.45, 2.75) is 98.6 Å². The third kappa shape index (κ3) is 5.83. The van der Waals surface area contributed by atoms with Crippen molar-refractivity contribution in [3.8, 4) is 0 Å². The first kappa shape index (κ1) is 17.0. The molecule has 1 heterocycles. The molecule has 0 unspecified atom stereocenters. The van der Waals surface area contributed by atoms with Crippen molar-refractivity contribution in [2.24, 2.45) is 11.3 Å². The Morgan fingerprint density at radius 3 is 2.26 bits per heavy atom. The molecule has 1 saturated heterocycles. The Kier molecular flexibility index (Phi) is 6.82. The van der Waals surface area contributed by atoms with E-state index in [9.17, 15) is 0 Å². The van der Waals surface area contributed by atoms with Crippen LogP contribution in [0, 0.1) is 11.3 Å². The lowest BCUT2D eigenvalue weighted by atomic mass is 9.91. The summed E-state index contributed by atoms with van der Waals surface area (Å²) in [6, 6.07) is 0. The largest absolute Gasteiger partial charge is 0.349 e. The summed E-state index contributed by atoms with van der Waals surface area (Å²) in [7, 11) is 0. The maximum atomic E-state index is 6.19. The topological polar surface area (TPSA) is 18.5 Å². The molecule has 0 aliphatic carbocycles. The maximum Gasteiger partial charge on any atom is 0.163 e. The Bertz CT molecular complexity index is 242. The number of rotatable bonds is 6. The highest BCUT2D eigenvalue weighted by atomic mass is 16.7. The summed E-state index contributed by atoms with van der Waals surface area (Å²) in [6.07, 6.45) is 8.23. The molecule has 0 radical (unpaired) electrons. The molecule has 0 aromatic heterocycles. The zero-order valence-electron chi connectivity index (χ0n) is 13.9. The molecule has 2 nitrogen and oxygen atoms in total. The van der Waals surface area contributed by atoms with Crippen LogP contribution in [0.4, 0.5) is 0 Å². The summed E-state index contributed by atoms with van der Waals surface area (Å²) in [5.74, 6) is 0.576. The molecule has 0 bridgehead atoms. The van der Waals surface area contributed by atoms with Crippen LogP contribution in [0.15, 0.2) is 0 Å². The van der Waals surface area contributed by atoms with Crippen molar-refractivity contribution in [1.29, 1.82) is 0 Å². The quantitative estimate of drug-likeness (QED) is 0.621. The van der Waals surface area contributed by atoms with Gasteiger partial charge in [0.25, 0.3) is 0 Å². The lowest BCUT2D eigenvalue weighted by Crippen LogP contribution is -2.46. The summed E-state index contributed by atoms with van der Waals surface area (Å²) in [6.45, 7) is 13.4. The highest BCUT2D eigenvalue weighted by Gasteiger charge is 2.37. The van der Waals surface area contributed by atoms with E-state index >= 15 is 0 Å². The van der Waals surface area contributed by atoms with Gasteiger partial charge < -0.3 is 9.47 Å². The van der Waals surface area contributed by atoms with Crippen LogP contribution in [0.5, 0.6) is 0 Å². The number of hydrogen-bond donors (Lipinski definition) is 0. The first-order valence-corrected chi connectivity index (χ1v) is 8.15. The van der Waals surface area contributed by atoms with Gasteiger partial charge in [-0.05, 0) is 12.3 Å². The van der Waals surface area contributed by atoms with E-state index in [0.717, 1.165) is 6.42 Å². The molecule has 3 atom stereocenters. The van der Waals surface area contributed by atoms with Crippen molar-refractivity contribution >= 4 is 0 Å². The van der Waals surface area contributed by atoms with E-state index in [2.05, 4.69) is 41.5 Å². The SMILES string of the molecule is CCCCCC[C@H]1C[C@@H](C(C)C)O[C@@H](C(C)(C)C)O1. The molecular weight excluding hydrogens is 236 g/mol. The molecule has 114 valence electrons. The summed E-state index contributed by atoms with van der Waals surface area (Å²) in [5.41, 5.74) is 0.0647. The molecule has 0 spiro atoms.